The zero-order valence-corrected chi connectivity index (χ0v) is 10.6. The van der Waals surface area contributed by atoms with Gasteiger partial charge in [-0.1, -0.05) is 6.42 Å². The molecule has 18 heavy (non-hydrogen) atoms. The lowest BCUT2D eigenvalue weighted by Crippen LogP contribution is -2.05. The van der Waals surface area contributed by atoms with Gasteiger partial charge in [0, 0.05) is 30.0 Å². The van der Waals surface area contributed by atoms with Crippen LogP contribution >= 0.6 is 0 Å². The molecule has 1 aromatic carbocycles. The Kier molecular flexibility index (Phi) is 2.82. The summed E-state index contributed by atoms with van der Waals surface area (Å²) in [6, 6.07) is 5.88. The molecule has 0 bridgehead atoms. The zero-order valence-electron chi connectivity index (χ0n) is 10.6. The van der Waals surface area contributed by atoms with E-state index < -0.39 is 0 Å². The summed E-state index contributed by atoms with van der Waals surface area (Å²) in [6.45, 7) is 1.53. The van der Waals surface area contributed by atoms with Crippen molar-refractivity contribution < 1.29 is 9.21 Å². The van der Waals surface area contributed by atoms with E-state index in [0.717, 1.165) is 35.3 Å². The van der Waals surface area contributed by atoms with E-state index in [-0.39, 0.29) is 5.91 Å². The van der Waals surface area contributed by atoms with E-state index >= 15 is 0 Å². The van der Waals surface area contributed by atoms with Crippen LogP contribution in [-0.2, 0) is 17.6 Å². The van der Waals surface area contributed by atoms with Crippen LogP contribution in [0.2, 0.25) is 0 Å². The molecular formula is C15H17NO2. The fourth-order valence-corrected chi connectivity index (χ4v) is 2.72. The van der Waals surface area contributed by atoms with Gasteiger partial charge in [-0.05, 0) is 37.5 Å². The van der Waals surface area contributed by atoms with Crippen molar-refractivity contribution >= 4 is 22.6 Å². The SMILES string of the molecule is CC(=O)Nc1ccc2oc3c(c2c1)CCCCC3. The normalized spacial score (nSPS) is 15.2. The van der Waals surface area contributed by atoms with Crippen molar-refractivity contribution in [2.75, 3.05) is 5.32 Å². The molecule has 1 N–H and O–H groups in total. The minimum Gasteiger partial charge on any atom is -0.461 e. The number of fused-ring (bicyclic) bond motifs is 3. The van der Waals surface area contributed by atoms with Gasteiger partial charge >= 0.3 is 0 Å². The number of carbonyl (C=O) groups is 1. The number of anilines is 1. The quantitative estimate of drug-likeness (QED) is 0.777. The molecule has 1 amide bonds. The average Bonchev–Trinajstić information content (AvgIpc) is 2.52. The van der Waals surface area contributed by atoms with Crippen LogP contribution in [0.25, 0.3) is 11.0 Å². The third-order valence-electron chi connectivity index (χ3n) is 3.53. The summed E-state index contributed by atoms with van der Waals surface area (Å²) in [5, 5.41) is 3.99. The van der Waals surface area contributed by atoms with E-state index in [1.807, 2.05) is 18.2 Å². The molecule has 1 aromatic heterocycles. The first-order chi connectivity index (χ1) is 8.74. The molecule has 0 saturated carbocycles. The van der Waals surface area contributed by atoms with Crippen molar-refractivity contribution in [3.63, 3.8) is 0 Å². The summed E-state index contributed by atoms with van der Waals surface area (Å²) in [5.74, 6) is 1.10. The van der Waals surface area contributed by atoms with Gasteiger partial charge in [0.25, 0.3) is 0 Å². The predicted octanol–water partition coefficient (Wildman–Crippen LogP) is 3.66. The Morgan fingerprint density at radius 3 is 2.89 bits per heavy atom. The Hall–Kier alpha value is -1.77. The van der Waals surface area contributed by atoms with Gasteiger partial charge in [0.05, 0.1) is 0 Å². The van der Waals surface area contributed by atoms with Crippen LogP contribution in [0.3, 0.4) is 0 Å². The van der Waals surface area contributed by atoms with Crippen LogP contribution in [0.15, 0.2) is 22.6 Å². The highest BCUT2D eigenvalue weighted by Crippen LogP contribution is 2.32. The lowest BCUT2D eigenvalue weighted by Gasteiger charge is -2.02. The van der Waals surface area contributed by atoms with Gasteiger partial charge in [-0.25, -0.2) is 0 Å². The van der Waals surface area contributed by atoms with E-state index in [0.29, 0.717) is 0 Å². The minimum atomic E-state index is -0.0380. The molecule has 1 heterocycles. The Balaban J connectivity index is 2.08. The molecule has 1 aliphatic rings. The molecule has 0 atom stereocenters. The number of benzene rings is 1. The first kappa shape index (κ1) is 11.3. The van der Waals surface area contributed by atoms with Crippen molar-refractivity contribution in [1.29, 1.82) is 0 Å². The summed E-state index contributed by atoms with van der Waals surface area (Å²) in [4.78, 5) is 11.1. The van der Waals surface area contributed by atoms with Gasteiger partial charge in [0.2, 0.25) is 5.91 Å². The standard InChI is InChI=1S/C15H17NO2/c1-10(17)16-11-7-8-15-13(9-11)12-5-3-2-4-6-14(12)18-15/h7-9H,2-6H2,1H3,(H,16,17). The highest BCUT2D eigenvalue weighted by atomic mass is 16.3. The van der Waals surface area contributed by atoms with E-state index in [1.165, 1.54) is 31.7 Å². The molecule has 1 aliphatic carbocycles. The lowest BCUT2D eigenvalue weighted by atomic mass is 10.1. The molecule has 0 spiro atoms. The molecule has 0 unspecified atom stereocenters. The fraction of sp³-hybridized carbons (Fsp3) is 0.400. The highest BCUT2D eigenvalue weighted by molar-refractivity contribution is 5.93. The van der Waals surface area contributed by atoms with Gasteiger partial charge in [-0.15, -0.1) is 0 Å². The smallest absolute Gasteiger partial charge is 0.221 e. The molecule has 3 rings (SSSR count). The summed E-state index contributed by atoms with van der Waals surface area (Å²) < 4.78 is 5.92. The summed E-state index contributed by atoms with van der Waals surface area (Å²) in [6.07, 6.45) is 5.85. The predicted molar refractivity (Wildman–Crippen MR) is 71.8 cm³/mol. The molecule has 0 aliphatic heterocycles. The van der Waals surface area contributed by atoms with Crippen molar-refractivity contribution in [3.05, 3.63) is 29.5 Å². The van der Waals surface area contributed by atoms with Gasteiger partial charge in [-0.3, -0.25) is 4.79 Å². The molecule has 94 valence electrons. The maximum atomic E-state index is 11.1. The molecule has 0 radical (unpaired) electrons. The lowest BCUT2D eigenvalue weighted by molar-refractivity contribution is -0.114. The second kappa shape index (κ2) is 4.48. The summed E-state index contributed by atoms with van der Waals surface area (Å²) >= 11 is 0. The zero-order chi connectivity index (χ0) is 12.5. The van der Waals surface area contributed by atoms with Crippen LogP contribution < -0.4 is 5.32 Å². The number of hydrogen-bond donors (Lipinski definition) is 1. The van der Waals surface area contributed by atoms with Gasteiger partial charge in [0.1, 0.15) is 11.3 Å². The first-order valence-electron chi connectivity index (χ1n) is 6.56. The molecule has 3 nitrogen and oxygen atoms in total. The van der Waals surface area contributed by atoms with E-state index in [2.05, 4.69) is 5.32 Å². The third-order valence-corrected chi connectivity index (χ3v) is 3.53. The number of nitrogens with one attached hydrogen (secondary N) is 1. The number of hydrogen-bond acceptors (Lipinski definition) is 2. The second-order valence-electron chi connectivity index (χ2n) is 4.96. The van der Waals surface area contributed by atoms with Crippen LogP contribution in [0, 0.1) is 0 Å². The van der Waals surface area contributed by atoms with Crippen LogP contribution in [0.4, 0.5) is 5.69 Å². The average molecular weight is 243 g/mol. The minimum absolute atomic E-state index is 0.0380. The Bertz CT molecular complexity index is 598. The molecular weight excluding hydrogens is 226 g/mol. The van der Waals surface area contributed by atoms with Gasteiger partial charge < -0.3 is 9.73 Å². The van der Waals surface area contributed by atoms with E-state index in [9.17, 15) is 4.79 Å². The Morgan fingerprint density at radius 1 is 1.22 bits per heavy atom. The van der Waals surface area contributed by atoms with Gasteiger partial charge in [0.15, 0.2) is 0 Å². The largest absolute Gasteiger partial charge is 0.461 e. The number of carbonyl (C=O) groups excluding carboxylic acids is 1. The number of rotatable bonds is 1. The van der Waals surface area contributed by atoms with Crippen LogP contribution in [0.5, 0.6) is 0 Å². The third kappa shape index (κ3) is 2.01. The van der Waals surface area contributed by atoms with E-state index in [4.69, 9.17) is 4.42 Å². The first-order valence-corrected chi connectivity index (χ1v) is 6.56. The molecule has 2 aromatic rings. The maximum absolute atomic E-state index is 11.1. The van der Waals surface area contributed by atoms with Crippen molar-refractivity contribution in [2.45, 2.75) is 39.0 Å². The Morgan fingerprint density at radius 2 is 2.06 bits per heavy atom. The number of furan rings is 1. The van der Waals surface area contributed by atoms with Crippen molar-refractivity contribution in [1.82, 2.24) is 0 Å². The molecule has 0 saturated heterocycles. The second-order valence-corrected chi connectivity index (χ2v) is 4.96. The van der Waals surface area contributed by atoms with Gasteiger partial charge in [-0.2, -0.15) is 0 Å². The van der Waals surface area contributed by atoms with Crippen LogP contribution in [0.1, 0.15) is 37.5 Å². The summed E-state index contributed by atoms with van der Waals surface area (Å²) in [5.41, 5.74) is 3.13. The maximum Gasteiger partial charge on any atom is 0.221 e. The summed E-state index contributed by atoms with van der Waals surface area (Å²) in [7, 11) is 0. The molecule has 0 fully saturated rings. The monoisotopic (exact) mass is 243 g/mol. The van der Waals surface area contributed by atoms with Crippen molar-refractivity contribution in [2.24, 2.45) is 0 Å². The van der Waals surface area contributed by atoms with Crippen molar-refractivity contribution in [3.8, 4) is 0 Å². The fourth-order valence-electron chi connectivity index (χ4n) is 2.72. The molecule has 3 heteroatoms. The van der Waals surface area contributed by atoms with E-state index in [1.54, 1.807) is 0 Å². The number of aryl methyl sites for hydroxylation is 2. The Labute approximate surface area is 106 Å². The topological polar surface area (TPSA) is 42.2 Å². The number of amides is 1. The highest BCUT2D eigenvalue weighted by Gasteiger charge is 2.16. The van der Waals surface area contributed by atoms with Crippen LogP contribution in [-0.4, -0.2) is 5.91 Å².